The lowest BCUT2D eigenvalue weighted by molar-refractivity contribution is -0.139. The molecule has 0 aromatic heterocycles. The molecule has 1 N–H and O–H groups in total. The first kappa shape index (κ1) is 12.4. The van der Waals surface area contributed by atoms with Crippen molar-refractivity contribution >= 4 is 5.97 Å². The third-order valence-electron chi connectivity index (χ3n) is 2.99. The maximum atomic E-state index is 11.5. The number of carbonyl (C=O) groups excluding carboxylic acids is 1. The molecule has 0 saturated carbocycles. The molecule has 18 heavy (non-hydrogen) atoms. The summed E-state index contributed by atoms with van der Waals surface area (Å²) >= 11 is 0. The molecular weight excluding hydrogens is 226 g/mol. The van der Waals surface area contributed by atoms with Gasteiger partial charge in [-0.1, -0.05) is 36.4 Å². The fraction of sp³-hybridized carbons (Fsp3) is 0.267. The lowest BCUT2D eigenvalue weighted by atomic mass is 10.1. The largest absolute Gasteiger partial charge is 0.452 e. The summed E-state index contributed by atoms with van der Waals surface area (Å²) < 4.78 is 5.27. The number of carbonyl (C=O) groups is 1. The van der Waals surface area contributed by atoms with Crippen molar-refractivity contribution < 1.29 is 9.53 Å². The summed E-state index contributed by atoms with van der Waals surface area (Å²) in [6, 6.07) is 10.1. The Hall–Kier alpha value is -2.03. The number of nitrogens with one attached hydrogen (secondary N) is 1. The van der Waals surface area contributed by atoms with Crippen LogP contribution in [0.15, 0.2) is 54.3 Å². The Bertz CT molecular complexity index is 477. The molecule has 2 rings (SSSR count). The van der Waals surface area contributed by atoms with Crippen LogP contribution in [0.3, 0.4) is 0 Å². The Morgan fingerprint density at radius 3 is 2.78 bits per heavy atom. The maximum Gasteiger partial charge on any atom is 0.336 e. The number of rotatable bonds is 5. The fourth-order valence-electron chi connectivity index (χ4n) is 1.98. The van der Waals surface area contributed by atoms with E-state index in [2.05, 4.69) is 11.9 Å². The van der Waals surface area contributed by atoms with Crippen LogP contribution in [0.2, 0.25) is 0 Å². The van der Waals surface area contributed by atoms with E-state index in [1.807, 2.05) is 30.3 Å². The molecule has 1 heterocycles. The Labute approximate surface area is 107 Å². The van der Waals surface area contributed by atoms with Crippen molar-refractivity contribution in [2.24, 2.45) is 0 Å². The molecule has 1 aromatic rings. The molecule has 94 valence electrons. The van der Waals surface area contributed by atoms with Gasteiger partial charge in [-0.3, -0.25) is 0 Å². The van der Waals surface area contributed by atoms with Crippen LogP contribution in [0.5, 0.6) is 0 Å². The highest BCUT2D eigenvalue weighted by Crippen LogP contribution is 2.23. The average Bonchev–Trinajstić information content (AvgIpc) is 2.65. The highest BCUT2D eigenvalue weighted by molar-refractivity contribution is 5.91. The van der Waals surface area contributed by atoms with Gasteiger partial charge in [0.1, 0.15) is 6.10 Å². The highest BCUT2D eigenvalue weighted by Gasteiger charge is 2.30. The molecule has 0 spiro atoms. The minimum atomic E-state index is -0.239. The van der Waals surface area contributed by atoms with Gasteiger partial charge in [0, 0.05) is 13.0 Å². The van der Waals surface area contributed by atoms with Gasteiger partial charge in [0.25, 0.3) is 0 Å². The van der Waals surface area contributed by atoms with Crippen LogP contribution in [0.25, 0.3) is 0 Å². The number of ether oxygens (including phenoxy) is 1. The number of hydrogen-bond donors (Lipinski definition) is 1. The predicted octanol–water partition coefficient (Wildman–Crippen LogP) is 2.55. The van der Waals surface area contributed by atoms with E-state index in [1.54, 1.807) is 13.0 Å². The zero-order valence-corrected chi connectivity index (χ0v) is 10.5. The average molecular weight is 243 g/mol. The summed E-state index contributed by atoms with van der Waals surface area (Å²) in [5.41, 5.74) is 2.72. The fourth-order valence-corrected chi connectivity index (χ4v) is 1.98. The molecule has 0 radical (unpaired) electrons. The van der Waals surface area contributed by atoms with Crippen LogP contribution in [-0.2, 0) is 16.1 Å². The molecule has 0 bridgehead atoms. The van der Waals surface area contributed by atoms with Crippen LogP contribution in [0, 0.1) is 0 Å². The van der Waals surface area contributed by atoms with Crippen LogP contribution in [0.4, 0.5) is 0 Å². The summed E-state index contributed by atoms with van der Waals surface area (Å²) in [7, 11) is 0. The molecule has 1 atom stereocenters. The molecule has 1 aliphatic heterocycles. The molecule has 1 unspecified atom stereocenters. The summed E-state index contributed by atoms with van der Waals surface area (Å²) in [4.78, 5) is 11.5. The second-order valence-corrected chi connectivity index (χ2v) is 4.30. The smallest absolute Gasteiger partial charge is 0.336 e. The third-order valence-corrected chi connectivity index (χ3v) is 2.99. The first-order chi connectivity index (χ1) is 8.72. The lowest BCUT2D eigenvalue weighted by Crippen LogP contribution is -2.22. The van der Waals surface area contributed by atoms with E-state index in [1.165, 1.54) is 5.56 Å². The van der Waals surface area contributed by atoms with Crippen LogP contribution < -0.4 is 5.32 Å². The standard InChI is InChI=1S/C15H17NO2/c1-3-7-13-14(11(2)15(17)18-13)16-10-12-8-5-4-6-9-12/h3-6,8-9,13,16H,1,7,10H2,2H3. The van der Waals surface area contributed by atoms with Gasteiger partial charge in [0.2, 0.25) is 0 Å². The second-order valence-electron chi connectivity index (χ2n) is 4.30. The molecule has 3 heteroatoms. The quantitative estimate of drug-likeness (QED) is 0.638. The van der Waals surface area contributed by atoms with Gasteiger partial charge < -0.3 is 10.1 Å². The third kappa shape index (κ3) is 2.62. The molecular formula is C15H17NO2. The molecule has 0 aliphatic carbocycles. The van der Waals surface area contributed by atoms with Gasteiger partial charge in [-0.15, -0.1) is 6.58 Å². The summed E-state index contributed by atoms with van der Waals surface area (Å²) in [6.07, 6.45) is 2.19. The van der Waals surface area contributed by atoms with Crippen molar-refractivity contribution in [1.29, 1.82) is 0 Å². The van der Waals surface area contributed by atoms with E-state index in [9.17, 15) is 4.79 Å². The monoisotopic (exact) mass is 243 g/mol. The zero-order valence-electron chi connectivity index (χ0n) is 10.5. The van der Waals surface area contributed by atoms with Gasteiger partial charge in [0.05, 0.1) is 11.3 Å². The number of esters is 1. The van der Waals surface area contributed by atoms with E-state index < -0.39 is 0 Å². The Morgan fingerprint density at radius 1 is 1.39 bits per heavy atom. The summed E-state index contributed by atoms with van der Waals surface area (Å²) in [5, 5.41) is 3.30. The zero-order chi connectivity index (χ0) is 13.0. The van der Waals surface area contributed by atoms with E-state index in [4.69, 9.17) is 4.74 Å². The van der Waals surface area contributed by atoms with Crippen molar-refractivity contribution in [1.82, 2.24) is 5.32 Å². The van der Waals surface area contributed by atoms with Crippen molar-refractivity contribution in [3.8, 4) is 0 Å². The number of benzene rings is 1. The second kappa shape index (κ2) is 5.54. The minimum absolute atomic E-state index is 0.210. The Kier molecular flexibility index (Phi) is 3.82. The molecule has 0 fully saturated rings. The van der Waals surface area contributed by atoms with Crippen molar-refractivity contribution in [3.63, 3.8) is 0 Å². The van der Waals surface area contributed by atoms with Gasteiger partial charge in [-0.05, 0) is 12.5 Å². The van der Waals surface area contributed by atoms with Gasteiger partial charge in [-0.25, -0.2) is 4.79 Å². The number of cyclic esters (lactones) is 1. The van der Waals surface area contributed by atoms with Gasteiger partial charge in [0.15, 0.2) is 0 Å². The molecule has 1 aliphatic rings. The molecule has 1 aromatic carbocycles. The van der Waals surface area contributed by atoms with E-state index in [-0.39, 0.29) is 12.1 Å². The van der Waals surface area contributed by atoms with Gasteiger partial charge >= 0.3 is 5.97 Å². The van der Waals surface area contributed by atoms with Crippen molar-refractivity contribution in [2.45, 2.75) is 26.0 Å². The van der Waals surface area contributed by atoms with Crippen LogP contribution >= 0.6 is 0 Å². The van der Waals surface area contributed by atoms with E-state index in [0.29, 0.717) is 18.5 Å². The maximum absolute atomic E-state index is 11.5. The van der Waals surface area contributed by atoms with Crippen molar-refractivity contribution in [2.75, 3.05) is 0 Å². The normalized spacial score (nSPS) is 18.7. The van der Waals surface area contributed by atoms with Crippen molar-refractivity contribution in [3.05, 3.63) is 59.8 Å². The van der Waals surface area contributed by atoms with Crippen LogP contribution in [-0.4, -0.2) is 12.1 Å². The highest BCUT2D eigenvalue weighted by atomic mass is 16.5. The number of hydrogen-bond acceptors (Lipinski definition) is 3. The van der Waals surface area contributed by atoms with Crippen LogP contribution in [0.1, 0.15) is 18.9 Å². The van der Waals surface area contributed by atoms with E-state index in [0.717, 1.165) is 5.70 Å². The van der Waals surface area contributed by atoms with Gasteiger partial charge in [-0.2, -0.15) is 0 Å². The topological polar surface area (TPSA) is 38.3 Å². The minimum Gasteiger partial charge on any atom is -0.452 e. The first-order valence-corrected chi connectivity index (χ1v) is 6.03. The molecule has 3 nitrogen and oxygen atoms in total. The first-order valence-electron chi connectivity index (χ1n) is 6.03. The molecule has 0 amide bonds. The molecule has 0 saturated heterocycles. The lowest BCUT2D eigenvalue weighted by Gasteiger charge is -2.14. The summed E-state index contributed by atoms with van der Waals surface area (Å²) in [5.74, 6) is -0.239. The predicted molar refractivity (Wildman–Crippen MR) is 70.7 cm³/mol. The Morgan fingerprint density at radius 2 is 2.11 bits per heavy atom. The SMILES string of the molecule is C=CCC1OC(=O)C(C)=C1NCc1ccccc1. The summed E-state index contributed by atoms with van der Waals surface area (Å²) in [6.45, 7) is 6.17. The Balaban J connectivity index is 2.06. The van der Waals surface area contributed by atoms with E-state index >= 15 is 0 Å².